The number of halogens is 1. The third-order valence-corrected chi connectivity index (χ3v) is 5.20. The number of likely N-dealkylation sites (N-methyl/N-ethyl adjacent to an activating group) is 1. The fourth-order valence-electron chi connectivity index (χ4n) is 3.55. The van der Waals surface area contributed by atoms with Crippen molar-refractivity contribution in [2.24, 2.45) is 0 Å². The molecule has 1 aliphatic rings. The molecule has 1 aromatic heterocycles. The highest BCUT2D eigenvalue weighted by Crippen LogP contribution is 2.23. The van der Waals surface area contributed by atoms with Crippen LogP contribution in [-0.4, -0.2) is 71.8 Å². The van der Waals surface area contributed by atoms with Crippen LogP contribution in [0.1, 0.15) is 42.2 Å². The molecule has 1 N–H and O–H groups in total. The monoisotopic (exact) mass is 387 g/mol. The molecular formula is C21H30FN5O. The summed E-state index contributed by atoms with van der Waals surface area (Å²) < 4.78 is 14.9. The number of nitrogens with zero attached hydrogens (tertiary/aromatic N) is 4. The molecule has 0 saturated carbocycles. The lowest BCUT2D eigenvalue weighted by Crippen LogP contribution is -2.45. The summed E-state index contributed by atoms with van der Waals surface area (Å²) in [5, 5.41) is 7.41. The van der Waals surface area contributed by atoms with Crippen molar-refractivity contribution in [2.45, 2.75) is 26.2 Å². The van der Waals surface area contributed by atoms with Crippen LogP contribution in [0.15, 0.2) is 30.5 Å². The molecule has 0 aliphatic carbocycles. The molecule has 0 unspecified atom stereocenters. The van der Waals surface area contributed by atoms with Crippen LogP contribution >= 0.6 is 0 Å². The zero-order chi connectivity index (χ0) is 20.1. The zero-order valence-corrected chi connectivity index (χ0v) is 17.0. The van der Waals surface area contributed by atoms with Crippen LogP contribution in [0.5, 0.6) is 0 Å². The Bertz CT molecular complexity index is 779. The van der Waals surface area contributed by atoms with Gasteiger partial charge in [0, 0.05) is 32.7 Å². The van der Waals surface area contributed by atoms with Gasteiger partial charge in [-0.1, -0.05) is 13.8 Å². The molecule has 1 saturated heterocycles. The normalized spacial score (nSPS) is 15.9. The fourth-order valence-corrected chi connectivity index (χ4v) is 3.55. The maximum absolute atomic E-state index is 13.2. The summed E-state index contributed by atoms with van der Waals surface area (Å²) in [4.78, 5) is 17.5. The minimum atomic E-state index is -0.291. The Morgan fingerprint density at radius 1 is 1.18 bits per heavy atom. The van der Waals surface area contributed by atoms with E-state index >= 15 is 0 Å². The molecule has 6 nitrogen and oxygen atoms in total. The van der Waals surface area contributed by atoms with E-state index in [-0.39, 0.29) is 17.6 Å². The first-order chi connectivity index (χ1) is 13.5. The van der Waals surface area contributed by atoms with Crippen molar-refractivity contribution < 1.29 is 9.18 Å². The average Bonchev–Trinajstić information content (AvgIpc) is 3.12. The van der Waals surface area contributed by atoms with Crippen LogP contribution in [0, 0.1) is 5.82 Å². The fraction of sp³-hybridized carbons (Fsp3) is 0.524. The van der Waals surface area contributed by atoms with Gasteiger partial charge < -0.3 is 15.1 Å². The molecule has 2 heterocycles. The van der Waals surface area contributed by atoms with Gasteiger partial charge in [0.2, 0.25) is 0 Å². The van der Waals surface area contributed by atoms with E-state index in [1.165, 1.54) is 12.1 Å². The number of aromatic nitrogens is 2. The summed E-state index contributed by atoms with van der Waals surface area (Å²) in [6, 6.07) is 6.15. The number of piperazine rings is 1. The Balaban J connectivity index is 1.59. The lowest BCUT2D eigenvalue weighted by molar-refractivity contribution is 0.0948. The molecule has 1 fully saturated rings. The summed E-state index contributed by atoms with van der Waals surface area (Å²) in [6.45, 7) is 10.1. The second-order valence-corrected chi connectivity index (χ2v) is 7.74. The first-order valence-corrected chi connectivity index (χ1v) is 9.98. The maximum atomic E-state index is 13.2. The Morgan fingerprint density at radius 2 is 1.86 bits per heavy atom. The van der Waals surface area contributed by atoms with E-state index in [4.69, 9.17) is 0 Å². The van der Waals surface area contributed by atoms with Crippen LogP contribution in [0.25, 0.3) is 5.69 Å². The highest BCUT2D eigenvalue weighted by Gasteiger charge is 2.21. The van der Waals surface area contributed by atoms with Gasteiger partial charge in [0.25, 0.3) is 5.91 Å². The van der Waals surface area contributed by atoms with Crippen molar-refractivity contribution in [1.82, 2.24) is 24.9 Å². The van der Waals surface area contributed by atoms with Crippen molar-refractivity contribution in [3.8, 4) is 5.69 Å². The van der Waals surface area contributed by atoms with Gasteiger partial charge in [0.1, 0.15) is 5.82 Å². The lowest BCUT2D eigenvalue weighted by Gasteiger charge is -2.32. The topological polar surface area (TPSA) is 53.4 Å². The SMILES string of the molecule is CC(C)c1c(C(=O)NCCCN2CCN(C)CC2)cnn1-c1ccc(F)cc1. The molecule has 7 heteroatoms. The Labute approximate surface area is 166 Å². The van der Waals surface area contributed by atoms with E-state index in [2.05, 4.69) is 27.3 Å². The van der Waals surface area contributed by atoms with Gasteiger partial charge in [-0.05, 0) is 50.2 Å². The summed E-state index contributed by atoms with van der Waals surface area (Å²) >= 11 is 0. The van der Waals surface area contributed by atoms with Crippen molar-refractivity contribution in [3.63, 3.8) is 0 Å². The van der Waals surface area contributed by atoms with Crippen LogP contribution < -0.4 is 5.32 Å². The van der Waals surface area contributed by atoms with E-state index in [0.717, 1.165) is 50.5 Å². The second-order valence-electron chi connectivity index (χ2n) is 7.74. The summed E-state index contributed by atoms with van der Waals surface area (Å²) in [7, 11) is 2.15. The zero-order valence-electron chi connectivity index (χ0n) is 17.0. The third-order valence-electron chi connectivity index (χ3n) is 5.20. The number of hydrogen-bond acceptors (Lipinski definition) is 4. The van der Waals surface area contributed by atoms with Gasteiger partial charge >= 0.3 is 0 Å². The largest absolute Gasteiger partial charge is 0.352 e. The maximum Gasteiger partial charge on any atom is 0.254 e. The number of hydrogen-bond donors (Lipinski definition) is 1. The van der Waals surface area contributed by atoms with Crippen molar-refractivity contribution in [1.29, 1.82) is 0 Å². The molecule has 1 aliphatic heterocycles. The van der Waals surface area contributed by atoms with Crippen molar-refractivity contribution in [2.75, 3.05) is 46.3 Å². The molecule has 152 valence electrons. The highest BCUT2D eigenvalue weighted by molar-refractivity contribution is 5.95. The lowest BCUT2D eigenvalue weighted by atomic mass is 10.0. The second kappa shape index (κ2) is 9.30. The van der Waals surface area contributed by atoms with Gasteiger partial charge in [-0.3, -0.25) is 4.79 Å². The molecule has 3 rings (SSSR count). The molecule has 1 aromatic carbocycles. The predicted molar refractivity (Wildman–Crippen MR) is 108 cm³/mol. The predicted octanol–water partition coefficient (Wildman–Crippen LogP) is 2.50. The first kappa shape index (κ1) is 20.5. The smallest absolute Gasteiger partial charge is 0.254 e. The van der Waals surface area contributed by atoms with Gasteiger partial charge in [0.15, 0.2) is 0 Å². The number of nitrogens with one attached hydrogen (secondary N) is 1. The average molecular weight is 388 g/mol. The summed E-state index contributed by atoms with van der Waals surface area (Å²) in [5.41, 5.74) is 2.17. The highest BCUT2D eigenvalue weighted by atomic mass is 19.1. The molecule has 2 aromatic rings. The van der Waals surface area contributed by atoms with Crippen molar-refractivity contribution >= 4 is 5.91 Å². The van der Waals surface area contributed by atoms with Crippen LogP contribution in [-0.2, 0) is 0 Å². The third kappa shape index (κ3) is 4.97. The van der Waals surface area contributed by atoms with Crippen LogP contribution in [0.4, 0.5) is 4.39 Å². The molecule has 0 bridgehead atoms. The van der Waals surface area contributed by atoms with Gasteiger partial charge in [-0.2, -0.15) is 5.10 Å². The minimum Gasteiger partial charge on any atom is -0.352 e. The molecule has 0 radical (unpaired) electrons. The van der Waals surface area contributed by atoms with E-state index < -0.39 is 0 Å². The van der Waals surface area contributed by atoms with E-state index in [1.807, 2.05) is 13.8 Å². The van der Waals surface area contributed by atoms with Gasteiger partial charge in [-0.25, -0.2) is 9.07 Å². The summed E-state index contributed by atoms with van der Waals surface area (Å²) in [5.74, 6) is -0.283. The number of amides is 1. The van der Waals surface area contributed by atoms with Gasteiger partial charge in [-0.15, -0.1) is 0 Å². The Hall–Kier alpha value is -2.25. The molecule has 0 atom stereocenters. The van der Waals surface area contributed by atoms with Crippen LogP contribution in [0.3, 0.4) is 0 Å². The molecule has 1 amide bonds. The van der Waals surface area contributed by atoms with Gasteiger partial charge in [0.05, 0.1) is 23.1 Å². The molecule has 28 heavy (non-hydrogen) atoms. The number of carbonyl (C=O) groups is 1. The van der Waals surface area contributed by atoms with Crippen LogP contribution in [0.2, 0.25) is 0 Å². The summed E-state index contributed by atoms with van der Waals surface area (Å²) in [6.07, 6.45) is 2.53. The number of rotatable bonds is 7. The Kier molecular flexibility index (Phi) is 6.80. The first-order valence-electron chi connectivity index (χ1n) is 9.98. The number of benzene rings is 1. The van der Waals surface area contributed by atoms with E-state index in [0.29, 0.717) is 12.1 Å². The molecule has 0 spiro atoms. The molecular weight excluding hydrogens is 357 g/mol. The minimum absolute atomic E-state index is 0.101. The number of carbonyl (C=O) groups excluding carboxylic acids is 1. The van der Waals surface area contributed by atoms with E-state index in [9.17, 15) is 9.18 Å². The van der Waals surface area contributed by atoms with E-state index in [1.54, 1.807) is 23.0 Å². The van der Waals surface area contributed by atoms with Crippen molar-refractivity contribution in [3.05, 3.63) is 47.5 Å². The standard InChI is InChI=1S/C21H30FN5O/c1-16(2)20-19(15-24-27(20)18-7-5-17(22)6-8-18)21(28)23-9-4-10-26-13-11-25(3)12-14-26/h5-8,15-16H,4,9-14H2,1-3H3,(H,23,28). The quantitative estimate of drug-likeness (QED) is 0.742. The Morgan fingerprint density at radius 3 is 2.50 bits per heavy atom.